The first-order valence-electron chi connectivity index (χ1n) is 9.20. The van der Waals surface area contributed by atoms with Gasteiger partial charge >= 0.3 is 0 Å². The Labute approximate surface area is 147 Å². The van der Waals surface area contributed by atoms with E-state index in [9.17, 15) is 0 Å². The second kappa shape index (κ2) is 10.4. The molecule has 2 rings (SSSR count). The predicted octanol–water partition coefficient (Wildman–Crippen LogP) is 2.09. The fourth-order valence-corrected chi connectivity index (χ4v) is 2.80. The van der Waals surface area contributed by atoms with Crippen molar-refractivity contribution in [3.8, 4) is 11.8 Å². The molecule has 0 spiro atoms. The van der Waals surface area contributed by atoms with Crippen molar-refractivity contribution in [3.63, 3.8) is 0 Å². The number of hydrogen-bond acceptors (Lipinski definition) is 5. The maximum Gasteiger partial charge on any atom is 0.108 e. The number of rotatable bonds is 10. The monoisotopic (exact) mass is 339 g/mol. The molecule has 0 aromatic carbocycles. The molecule has 0 unspecified atom stereocenters. The Hall–Kier alpha value is -0.640. The van der Waals surface area contributed by atoms with E-state index < -0.39 is 0 Å². The highest BCUT2D eigenvalue weighted by atomic mass is 16.5. The van der Waals surface area contributed by atoms with Crippen LogP contribution in [0.2, 0.25) is 0 Å². The average Bonchev–Trinajstić information content (AvgIpc) is 2.43. The molecule has 5 heteroatoms. The zero-order valence-electron chi connectivity index (χ0n) is 15.6. The van der Waals surface area contributed by atoms with Crippen LogP contribution in [0.15, 0.2) is 0 Å². The highest BCUT2D eigenvalue weighted by Gasteiger charge is 2.31. The predicted molar refractivity (Wildman–Crippen MR) is 94.0 cm³/mol. The van der Waals surface area contributed by atoms with E-state index >= 15 is 0 Å². The molecule has 2 aliphatic rings. The minimum absolute atomic E-state index is 0.301. The van der Waals surface area contributed by atoms with Crippen molar-refractivity contribution in [1.29, 1.82) is 0 Å². The standard InChI is InChI=1S/C19H33NO4/c1-15(2)20-13-19(14-20)23-10-9-21-7-5-6-8-22-17-11-18(12-17)24-16(3)4/h15-19H,7-14H2,1-4H3. The number of hydrogen-bond donors (Lipinski definition) is 0. The number of likely N-dealkylation sites (tertiary alicyclic amines) is 1. The molecule has 0 bridgehead atoms. The molecular formula is C19H33NO4. The zero-order chi connectivity index (χ0) is 17.4. The molecule has 138 valence electrons. The third kappa shape index (κ3) is 7.08. The molecule has 5 nitrogen and oxygen atoms in total. The van der Waals surface area contributed by atoms with Gasteiger partial charge in [-0.3, -0.25) is 4.90 Å². The van der Waals surface area contributed by atoms with Crippen LogP contribution in [-0.2, 0) is 18.9 Å². The van der Waals surface area contributed by atoms with E-state index in [1.807, 2.05) is 0 Å². The van der Waals surface area contributed by atoms with Crippen molar-refractivity contribution in [2.45, 2.75) is 71.0 Å². The molecule has 0 radical (unpaired) electrons. The van der Waals surface area contributed by atoms with Crippen LogP contribution >= 0.6 is 0 Å². The lowest BCUT2D eigenvalue weighted by atomic mass is 9.92. The van der Waals surface area contributed by atoms with Gasteiger partial charge in [-0.2, -0.15) is 0 Å². The maximum absolute atomic E-state index is 5.73. The van der Waals surface area contributed by atoms with Crippen LogP contribution < -0.4 is 0 Å². The summed E-state index contributed by atoms with van der Waals surface area (Å²) < 4.78 is 22.5. The van der Waals surface area contributed by atoms with Crippen LogP contribution in [0, 0.1) is 11.8 Å². The van der Waals surface area contributed by atoms with Crippen molar-refractivity contribution in [1.82, 2.24) is 4.90 Å². The molecule has 0 aromatic heterocycles. The van der Waals surface area contributed by atoms with Crippen LogP contribution in [0.5, 0.6) is 0 Å². The van der Waals surface area contributed by atoms with Gasteiger partial charge in [0.25, 0.3) is 0 Å². The normalized spacial score (nSPS) is 24.6. The van der Waals surface area contributed by atoms with Crippen LogP contribution in [0.25, 0.3) is 0 Å². The van der Waals surface area contributed by atoms with E-state index in [0.717, 1.165) is 25.9 Å². The van der Waals surface area contributed by atoms with Crippen molar-refractivity contribution in [2.24, 2.45) is 0 Å². The first-order chi connectivity index (χ1) is 11.5. The van der Waals surface area contributed by atoms with Crippen molar-refractivity contribution < 1.29 is 18.9 Å². The second-order valence-electron chi connectivity index (χ2n) is 7.16. The fraction of sp³-hybridized carbons (Fsp3) is 0.895. The third-order valence-corrected chi connectivity index (χ3v) is 4.39. The largest absolute Gasteiger partial charge is 0.375 e. The van der Waals surface area contributed by atoms with E-state index in [2.05, 4.69) is 44.4 Å². The summed E-state index contributed by atoms with van der Waals surface area (Å²) in [6, 6.07) is 0.618. The van der Waals surface area contributed by atoms with Gasteiger partial charge in [-0.25, -0.2) is 0 Å². The summed E-state index contributed by atoms with van der Waals surface area (Å²) in [6.45, 7) is 12.8. The zero-order valence-corrected chi connectivity index (χ0v) is 15.6. The van der Waals surface area contributed by atoms with E-state index in [0.29, 0.717) is 56.9 Å². The van der Waals surface area contributed by atoms with Gasteiger partial charge in [-0.05, 0) is 27.7 Å². The summed E-state index contributed by atoms with van der Waals surface area (Å²) in [7, 11) is 0. The molecule has 24 heavy (non-hydrogen) atoms. The third-order valence-electron chi connectivity index (χ3n) is 4.39. The molecule has 0 aromatic rings. The summed E-state index contributed by atoms with van der Waals surface area (Å²) in [4.78, 5) is 2.40. The summed E-state index contributed by atoms with van der Waals surface area (Å²) in [6.07, 6.45) is 3.34. The van der Waals surface area contributed by atoms with E-state index in [1.165, 1.54) is 0 Å². The Morgan fingerprint density at radius 1 is 0.875 bits per heavy atom. The van der Waals surface area contributed by atoms with Crippen LogP contribution in [0.4, 0.5) is 0 Å². The Morgan fingerprint density at radius 3 is 2.25 bits per heavy atom. The molecule has 0 N–H and O–H groups in total. The molecule has 1 aliphatic carbocycles. The Balaban J connectivity index is 1.34. The maximum atomic E-state index is 5.73. The lowest BCUT2D eigenvalue weighted by Gasteiger charge is -2.41. The van der Waals surface area contributed by atoms with Gasteiger partial charge < -0.3 is 18.9 Å². The minimum atomic E-state index is 0.301. The lowest BCUT2D eigenvalue weighted by Crippen LogP contribution is -2.55. The molecule has 1 aliphatic heterocycles. The first-order valence-corrected chi connectivity index (χ1v) is 9.20. The van der Waals surface area contributed by atoms with E-state index in [4.69, 9.17) is 18.9 Å². The Morgan fingerprint density at radius 2 is 1.58 bits per heavy atom. The highest BCUT2D eigenvalue weighted by Crippen LogP contribution is 2.27. The lowest BCUT2D eigenvalue weighted by molar-refractivity contribution is -0.112. The van der Waals surface area contributed by atoms with Crippen molar-refractivity contribution in [3.05, 3.63) is 0 Å². The molecule has 0 atom stereocenters. The van der Waals surface area contributed by atoms with Gasteiger partial charge in [0, 0.05) is 32.0 Å². The summed E-state index contributed by atoms with van der Waals surface area (Å²) in [5, 5.41) is 0. The smallest absolute Gasteiger partial charge is 0.108 e. The summed E-state index contributed by atoms with van der Waals surface area (Å²) in [5.74, 6) is 5.97. The quantitative estimate of drug-likeness (QED) is 0.450. The minimum Gasteiger partial charge on any atom is -0.375 e. The summed E-state index contributed by atoms with van der Waals surface area (Å²) >= 11 is 0. The fourth-order valence-electron chi connectivity index (χ4n) is 2.80. The Kier molecular flexibility index (Phi) is 8.51. The van der Waals surface area contributed by atoms with Gasteiger partial charge in [0.05, 0.1) is 37.6 Å². The average molecular weight is 339 g/mol. The van der Waals surface area contributed by atoms with Crippen LogP contribution in [0.1, 0.15) is 40.5 Å². The summed E-state index contributed by atoms with van der Waals surface area (Å²) in [5.41, 5.74) is 0. The van der Waals surface area contributed by atoms with Gasteiger partial charge in [0.1, 0.15) is 13.2 Å². The Bertz CT molecular complexity index is 403. The number of nitrogens with zero attached hydrogens (tertiary/aromatic N) is 1. The van der Waals surface area contributed by atoms with Gasteiger partial charge in [0.15, 0.2) is 0 Å². The van der Waals surface area contributed by atoms with E-state index in [-0.39, 0.29) is 0 Å². The van der Waals surface area contributed by atoms with Crippen molar-refractivity contribution >= 4 is 0 Å². The van der Waals surface area contributed by atoms with E-state index in [1.54, 1.807) is 0 Å². The molecular weight excluding hydrogens is 306 g/mol. The SMILES string of the molecule is CC(C)OC1CC(OCC#CCOCCOC2CN(C(C)C)C2)C1. The highest BCUT2D eigenvalue weighted by molar-refractivity contribution is 4.99. The molecule has 1 saturated heterocycles. The van der Waals surface area contributed by atoms with Gasteiger partial charge in [0.2, 0.25) is 0 Å². The first kappa shape index (κ1) is 19.7. The van der Waals surface area contributed by atoms with Gasteiger partial charge in [-0.1, -0.05) is 11.8 Å². The second-order valence-corrected chi connectivity index (χ2v) is 7.16. The topological polar surface area (TPSA) is 40.2 Å². The molecule has 2 fully saturated rings. The molecule has 0 amide bonds. The number of ether oxygens (including phenoxy) is 4. The molecule has 1 heterocycles. The van der Waals surface area contributed by atoms with Crippen LogP contribution in [0.3, 0.4) is 0 Å². The van der Waals surface area contributed by atoms with Crippen molar-refractivity contribution in [2.75, 3.05) is 39.5 Å². The molecule has 1 saturated carbocycles. The van der Waals surface area contributed by atoms with Crippen LogP contribution in [-0.4, -0.2) is 74.9 Å². The van der Waals surface area contributed by atoms with Gasteiger partial charge in [-0.15, -0.1) is 0 Å².